The molecule has 0 unspecified atom stereocenters. The SMILES string of the molecule is COC(=O)c1ccc(Cl)c(NC(=O)C(C)=C(C)C(=O)O)c1. The second kappa shape index (κ2) is 6.90. The number of aliphatic carboxylic acids is 1. The van der Waals surface area contributed by atoms with Crippen molar-refractivity contribution in [3.63, 3.8) is 0 Å². The van der Waals surface area contributed by atoms with E-state index in [-0.39, 0.29) is 27.4 Å². The number of carbonyl (C=O) groups is 3. The fourth-order valence-corrected chi connectivity index (χ4v) is 1.58. The molecule has 6 nitrogen and oxygen atoms in total. The first-order valence-electron chi connectivity index (χ1n) is 5.88. The van der Waals surface area contributed by atoms with E-state index in [0.29, 0.717) is 0 Å². The molecule has 1 amide bonds. The maximum Gasteiger partial charge on any atom is 0.337 e. The smallest absolute Gasteiger partial charge is 0.337 e. The monoisotopic (exact) mass is 311 g/mol. The summed E-state index contributed by atoms with van der Waals surface area (Å²) in [4.78, 5) is 34.2. The van der Waals surface area contributed by atoms with Gasteiger partial charge in [0.15, 0.2) is 0 Å². The lowest BCUT2D eigenvalue weighted by Gasteiger charge is -2.10. The quantitative estimate of drug-likeness (QED) is 0.658. The molecule has 0 spiro atoms. The molecule has 0 aliphatic carbocycles. The van der Waals surface area contributed by atoms with Crippen molar-refractivity contribution in [1.82, 2.24) is 0 Å². The van der Waals surface area contributed by atoms with Crippen LogP contribution in [0.25, 0.3) is 0 Å². The lowest BCUT2D eigenvalue weighted by atomic mass is 10.1. The Morgan fingerprint density at radius 1 is 1.19 bits per heavy atom. The lowest BCUT2D eigenvalue weighted by Crippen LogP contribution is -2.17. The Labute approximate surface area is 126 Å². The third-order valence-electron chi connectivity index (χ3n) is 2.86. The molecule has 2 N–H and O–H groups in total. The molecule has 0 bridgehead atoms. The van der Waals surface area contributed by atoms with Gasteiger partial charge in [0.1, 0.15) is 0 Å². The standard InChI is InChI=1S/C14H14ClNO5/c1-7(8(2)13(18)19)12(17)16-11-6-9(14(20)21-3)4-5-10(11)15/h4-6H,1-3H3,(H,16,17)(H,18,19). The van der Waals surface area contributed by atoms with Gasteiger partial charge in [-0.1, -0.05) is 11.6 Å². The van der Waals surface area contributed by atoms with E-state index >= 15 is 0 Å². The van der Waals surface area contributed by atoms with Crippen molar-refractivity contribution in [2.75, 3.05) is 12.4 Å². The molecular formula is C14H14ClNO5. The number of anilines is 1. The Kier molecular flexibility index (Phi) is 5.49. The van der Waals surface area contributed by atoms with Crippen molar-refractivity contribution in [2.24, 2.45) is 0 Å². The van der Waals surface area contributed by atoms with Crippen LogP contribution in [-0.2, 0) is 14.3 Å². The predicted molar refractivity (Wildman–Crippen MR) is 77.4 cm³/mol. The zero-order chi connectivity index (χ0) is 16.2. The Hall–Kier alpha value is -2.34. The lowest BCUT2D eigenvalue weighted by molar-refractivity contribution is -0.133. The molecule has 112 valence electrons. The number of esters is 1. The summed E-state index contributed by atoms with van der Waals surface area (Å²) in [5.74, 6) is -2.37. The molecule has 0 aromatic heterocycles. The zero-order valence-corrected chi connectivity index (χ0v) is 12.4. The molecule has 0 radical (unpaired) electrons. The molecular weight excluding hydrogens is 298 g/mol. The highest BCUT2D eigenvalue weighted by Crippen LogP contribution is 2.24. The fourth-order valence-electron chi connectivity index (χ4n) is 1.41. The predicted octanol–water partition coefficient (Wildman–Crippen LogP) is 2.49. The van der Waals surface area contributed by atoms with Crippen molar-refractivity contribution in [1.29, 1.82) is 0 Å². The Morgan fingerprint density at radius 3 is 2.33 bits per heavy atom. The zero-order valence-electron chi connectivity index (χ0n) is 11.7. The molecule has 7 heteroatoms. The maximum absolute atomic E-state index is 12.0. The first-order valence-corrected chi connectivity index (χ1v) is 6.25. The van der Waals surface area contributed by atoms with E-state index in [2.05, 4.69) is 10.1 Å². The summed E-state index contributed by atoms with van der Waals surface area (Å²) in [6.45, 7) is 2.71. The average molecular weight is 312 g/mol. The second-order valence-electron chi connectivity index (χ2n) is 4.20. The minimum atomic E-state index is -1.18. The molecule has 0 saturated carbocycles. The third kappa shape index (κ3) is 4.06. The van der Waals surface area contributed by atoms with Crippen LogP contribution in [0.2, 0.25) is 5.02 Å². The number of halogens is 1. The Bertz CT molecular complexity index is 636. The van der Waals surface area contributed by atoms with E-state index < -0.39 is 17.8 Å². The normalized spacial score (nSPS) is 11.4. The van der Waals surface area contributed by atoms with Crippen LogP contribution in [0.4, 0.5) is 5.69 Å². The minimum absolute atomic E-state index is 0.0436. The molecule has 0 aliphatic heterocycles. The number of hydrogen-bond donors (Lipinski definition) is 2. The molecule has 0 saturated heterocycles. The van der Waals surface area contributed by atoms with Gasteiger partial charge in [-0.15, -0.1) is 0 Å². The van der Waals surface area contributed by atoms with Crippen molar-refractivity contribution in [3.05, 3.63) is 39.9 Å². The number of nitrogens with one attached hydrogen (secondary N) is 1. The average Bonchev–Trinajstić information content (AvgIpc) is 2.46. The van der Waals surface area contributed by atoms with E-state index in [1.165, 1.54) is 39.2 Å². The van der Waals surface area contributed by atoms with Gasteiger partial charge in [0.25, 0.3) is 5.91 Å². The highest BCUT2D eigenvalue weighted by molar-refractivity contribution is 6.34. The highest BCUT2D eigenvalue weighted by Gasteiger charge is 2.15. The highest BCUT2D eigenvalue weighted by atomic mass is 35.5. The number of rotatable bonds is 4. The van der Waals surface area contributed by atoms with Gasteiger partial charge in [0.05, 0.1) is 23.4 Å². The molecule has 0 atom stereocenters. The number of carbonyl (C=O) groups excluding carboxylic acids is 2. The van der Waals surface area contributed by atoms with Crippen molar-refractivity contribution in [2.45, 2.75) is 13.8 Å². The number of carboxylic acid groups (broad SMARTS) is 1. The van der Waals surface area contributed by atoms with Gasteiger partial charge in [-0.25, -0.2) is 9.59 Å². The van der Waals surface area contributed by atoms with E-state index in [1.807, 2.05) is 0 Å². The van der Waals surface area contributed by atoms with Gasteiger partial charge >= 0.3 is 11.9 Å². The summed E-state index contributed by atoms with van der Waals surface area (Å²) < 4.78 is 4.57. The van der Waals surface area contributed by atoms with Gasteiger partial charge in [-0.05, 0) is 32.0 Å². The van der Waals surface area contributed by atoms with Gasteiger partial charge in [-0.2, -0.15) is 0 Å². The number of benzene rings is 1. The number of carboxylic acids is 1. The maximum atomic E-state index is 12.0. The first-order chi connectivity index (χ1) is 9.77. The van der Waals surface area contributed by atoms with Gasteiger partial charge < -0.3 is 15.2 Å². The Morgan fingerprint density at radius 2 is 1.81 bits per heavy atom. The number of ether oxygens (including phenoxy) is 1. The van der Waals surface area contributed by atoms with Crippen LogP contribution in [-0.4, -0.2) is 30.1 Å². The van der Waals surface area contributed by atoms with Crippen LogP contribution in [0.1, 0.15) is 24.2 Å². The van der Waals surface area contributed by atoms with Gasteiger partial charge in [0.2, 0.25) is 0 Å². The molecule has 0 heterocycles. The molecule has 0 fully saturated rings. The van der Waals surface area contributed by atoms with Crippen LogP contribution in [0, 0.1) is 0 Å². The number of amides is 1. The van der Waals surface area contributed by atoms with Crippen LogP contribution in [0.3, 0.4) is 0 Å². The van der Waals surface area contributed by atoms with Crippen LogP contribution >= 0.6 is 11.6 Å². The van der Waals surface area contributed by atoms with Crippen molar-refractivity contribution in [3.8, 4) is 0 Å². The second-order valence-corrected chi connectivity index (χ2v) is 4.60. The molecule has 21 heavy (non-hydrogen) atoms. The first kappa shape index (κ1) is 16.7. The summed E-state index contributed by atoms with van der Waals surface area (Å²) in [5, 5.41) is 11.5. The topological polar surface area (TPSA) is 92.7 Å². The summed E-state index contributed by atoms with van der Waals surface area (Å²) in [6.07, 6.45) is 0. The summed E-state index contributed by atoms with van der Waals surface area (Å²) in [7, 11) is 1.23. The summed E-state index contributed by atoms with van der Waals surface area (Å²) in [5.41, 5.74) is 0.380. The summed E-state index contributed by atoms with van der Waals surface area (Å²) >= 11 is 5.94. The van der Waals surface area contributed by atoms with Crippen LogP contribution < -0.4 is 5.32 Å². The third-order valence-corrected chi connectivity index (χ3v) is 3.19. The van der Waals surface area contributed by atoms with E-state index in [0.717, 1.165) is 0 Å². The van der Waals surface area contributed by atoms with Crippen LogP contribution in [0.5, 0.6) is 0 Å². The van der Waals surface area contributed by atoms with Crippen LogP contribution in [0.15, 0.2) is 29.3 Å². The minimum Gasteiger partial charge on any atom is -0.478 e. The number of methoxy groups -OCH3 is 1. The van der Waals surface area contributed by atoms with E-state index in [1.54, 1.807) is 0 Å². The Balaban J connectivity index is 3.08. The molecule has 1 aromatic rings. The summed E-state index contributed by atoms with van der Waals surface area (Å²) in [6, 6.07) is 4.25. The van der Waals surface area contributed by atoms with Crippen molar-refractivity contribution >= 4 is 35.1 Å². The molecule has 1 aromatic carbocycles. The van der Waals surface area contributed by atoms with Crippen molar-refractivity contribution < 1.29 is 24.2 Å². The van der Waals surface area contributed by atoms with Gasteiger partial charge in [0, 0.05) is 11.1 Å². The largest absolute Gasteiger partial charge is 0.478 e. The number of hydrogen-bond acceptors (Lipinski definition) is 4. The van der Waals surface area contributed by atoms with E-state index in [9.17, 15) is 14.4 Å². The molecule has 1 rings (SSSR count). The van der Waals surface area contributed by atoms with Gasteiger partial charge in [-0.3, -0.25) is 4.79 Å². The van der Waals surface area contributed by atoms with E-state index in [4.69, 9.17) is 16.7 Å². The fraction of sp³-hybridized carbons (Fsp3) is 0.214. The molecule has 0 aliphatic rings.